The minimum absolute atomic E-state index is 0.0246. The highest BCUT2D eigenvalue weighted by Gasteiger charge is 2.30. The molecule has 33 heavy (non-hydrogen) atoms. The van der Waals surface area contributed by atoms with Crippen LogP contribution < -0.4 is 4.74 Å². The topological polar surface area (TPSA) is 52.8 Å². The third-order valence-electron chi connectivity index (χ3n) is 4.92. The fourth-order valence-electron chi connectivity index (χ4n) is 3.21. The van der Waals surface area contributed by atoms with Crippen molar-refractivity contribution < 1.29 is 17.9 Å². The van der Waals surface area contributed by atoms with Gasteiger partial charge in [0.2, 0.25) is 0 Å². The van der Waals surface area contributed by atoms with Crippen LogP contribution in [0.2, 0.25) is 0 Å². The maximum Gasteiger partial charge on any atom is 0.416 e. The predicted octanol–water partition coefficient (Wildman–Crippen LogP) is 6.62. The van der Waals surface area contributed by atoms with Gasteiger partial charge in [-0.05, 0) is 37.6 Å². The normalized spacial score (nSPS) is 11.7. The molecule has 0 amide bonds. The lowest BCUT2D eigenvalue weighted by Crippen LogP contribution is -2.08. The summed E-state index contributed by atoms with van der Waals surface area (Å²) in [6.45, 7) is 4.66. The van der Waals surface area contributed by atoms with Gasteiger partial charge in [0.25, 0.3) is 0 Å². The maximum atomic E-state index is 12.9. The molecule has 0 aliphatic carbocycles. The summed E-state index contributed by atoms with van der Waals surface area (Å²) in [4.78, 5) is 4.75. The number of hydrogen-bond donors (Lipinski definition) is 0. The quantitative estimate of drug-likeness (QED) is 0.260. The number of alkyl halides is 3. The Morgan fingerprint density at radius 1 is 1.09 bits per heavy atom. The summed E-state index contributed by atoms with van der Waals surface area (Å²) < 4.78 is 46.2. The van der Waals surface area contributed by atoms with E-state index in [1.54, 1.807) is 11.3 Å². The molecule has 2 aromatic carbocycles. The molecule has 0 N–H and O–H groups in total. The number of aromatic nitrogens is 4. The monoisotopic (exact) mass is 490 g/mol. The molecule has 0 bridgehead atoms. The maximum absolute atomic E-state index is 12.9. The molecule has 0 radical (unpaired) electrons. The van der Waals surface area contributed by atoms with Gasteiger partial charge in [0, 0.05) is 23.2 Å². The first kappa shape index (κ1) is 23.3. The van der Waals surface area contributed by atoms with Crippen molar-refractivity contribution in [2.24, 2.45) is 0 Å². The van der Waals surface area contributed by atoms with E-state index in [4.69, 9.17) is 9.72 Å². The second-order valence-corrected chi connectivity index (χ2v) is 9.01. The molecule has 4 aromatic rings. The SMILES string of the molecule is CCn1c(COc2cccc(C(F)(F)F)c2)nnc1SCc1csc(-c2ccccc2C)n1. The number of thiazole rings is 1. The summed E-state index contributed by atoms with van der Waals surface area (Å²) in [5.41, 5.74) is 2.52. The number of rotatable bonds is 8. The molecule has 172 valence electrons. The molecule has 0 saturated heterocycles. The molecule has 2 heterocycles. The Balaban J connectivity index is 1.41. The van der Waals surface area contributed by atoms with Crippen molar-refractivity contribution >= 4 is 23.1 Å². The van der Waals surface area contributed by atoms with Gasteiger partial charge in [0.1, 0.15) is 17.4 Å². The number of thioether (sulfide) groups is 1. The van der Waals surface area contributed by atoms with Crippen LogP contribution in [0.1, 0.15) is 29.6 Å². The zero-order valence-electron chi connectivity index (χ0n) is 18.0. The highest BCUT2D eigenvalue weighted by atomic mass is 32.2. The Hall–Kier alpha value is -2.85. The van der Waals surface area contributed by atoms with E-state index in [0.29, 0.717) is 23.3 Å². The van der Waals surface area contributed by atoms with Crippen molar-refractivity contribution in [3.63, 3.8) is 0 Å². The van der Waals surface area contributed by atoms with E-state index in [-0.39, 0.29) is 12.4 Å². The summed E-state index contributed by atoms with van der Waals surface area (Å²) in [5, 5.41) is 12.2. The van der Waals surface area contributed by atoms with Crippen LogP contribution in [-0.4, -0.2) is 19.7 Å². The van der Waals surface area contributed by atoms with E-state index < -0.39 is 11.7 Å². The van der Waals surface area contributed by atoms with Gasteiger partial charge in [0.15, 0.2) is 11.0 Å². The van der Waals surface area contributed by atoms with E-state index in [2.05, 4.69) is 29.3 Å². The molecule has 5 nitrogen and oxygen atoms in total. The van der Waals surface area contributed by atoms with Crippen molar-refractivity contribution in [3.8, 4) is 16.3 Å². The summed E-state index contributed by atoms with van der Waals surface area (Å²) in [5.74, 6) is 1.32. The molecular weight excluding hydrogens is 469 g/mol. The van der Waals surface area contributed by atoms with Crippen LogP contribution in [0.25, 0.3) is 10.6 Å². The Morgan fingerprint density at radius 2 is 1.91 bits per heavy atom. The lowest BCUT2D eigenvalue weighted by atomic mass is 10.1. The number of hydrogen-bond acceptors (Lipinski definition) is 6. The fraction of sp³-hybridized carbons (Fsp3) is 0.261. The van der Waals surface area contributed by atoms with Crippen molar-refractivity contribution in [1.82, 2.24) is 19.7 Å². The Labute approximate surface area is 197 Å². The van der Waals surface area contributed by atoms with Crippen LogP contribution in [0.4, 0.5) is 13.2 Å². The third-order valence-corrected chi connectivity index (χ3v) is 6.84. The van der Waals surface area contributed by atoms with Gasteiger partial charge in [0.05, 0.1) is 11.3 Å². The minimum atomic E-state index is -4.42. The molecule has 2 aromatic heterocycles. The molecule has 0 atom stereocenters. The standard InChI is InChI=1S/C23H21F3N4OS2/c1-3-30-20(12-31-18-9-6-8-16(11-18)23(24,25)26)28-29-22(30)33-14-17-13-32-21(27-17)19-10-5-4-7-15(19)2/h4-11,13H,3,12,14H2,1-2H3. The van der Waals surface area contributed by atoms with Crippen molar-refractivity contribution in [1.29, 1.82) is 0 Å². The number of benzene rings is 2. The Kier molecular flexibility index (Phi) is 7.04. The molecule has 0 aliphatic rings. The minimum Gasteiger partial charge on any atom is -0.486 e. The number of nitrogens with zero attached hydrogens (tertiary/aromatic N) is 4. The molecule has 0 fully saturated rings. The lowest BCUT2D eigenvalue weighted by Gasteiger charge is -2.11. The van der Waals surface area contributed by atoms with Gasteiger partial charge in [-0.3, -0.25) is 0 Å². The third kappa shape index (κ3) is 5.56. The summed E-state index contributed by atoms with van der Waals surface area (Å²) >= 11 is 3.12. The summed E-state index contributed by atoms with van der Waals surface area (Å²) in [6, 6.07) is 13.0. The largest absolute Gasteiger partial charge is 0.486 e. The van der Waals surface area contributed by atoms with Gasteiger partial charge in [-0.2, -0.15) is 13.2 Å². The summed E-state index contributed by atoms with van der Waals surface area (Å²) in [6.07, 6.45) is -4.42. The molecule has 0 spiro atoms. The predicted molar refractivity (Wildman–Crippen MR) is 123 cm³/mol. The van der Waals surface area contributed by atoms with Gasteiger partial charge in [-0.25, -0.2) is 4.98 Å². The lowest BCUT2D eigenvalue weighted by molar-refractivity contribution is -0.137. The van der Waals surface area contributed by atoms with Crippen molar-refractivity contribution in [2.45, 2.75) is 44.1 Å². The van der Waals surface area contributed by atoms with E-state index in [9.17, 15) is 13.2 Å². The molecule has 0 aliphatic heterocycles. The highest BCUT2D eigenvalue weighted by Crippen LogP contribution is 2.32. The molecular formula is C23H21F3N4OS2. The Morgan fingerprint density at radius 3 is 2.67 bits per heavy atom. The van der Waals surface area contributed by atoms with Crippen LogP contribution in [0.5, 0.6) is 5.75 Å². The zero-order valence-corrected chi connectivity index (χ0v) is 19.6. The molecule has 4 rings (SSSR count). The van der Waals surface area contributed by atoms with Crippen LogP contribution in [-0.2, 0) is 25.1 Å². The van der Waals surface area contributed by atoms with Gasteiger partial charge in [-0.15, -0.1) is 21.5 Å². The van der Waals surface area contributed by atoms with Crippen molar-refractivity contribution in [3.05, 3.63) is 76.6 Å². The van der Waals surface area contributed by atoms with Gasteiger partial charge in [-0.1, -0.05) is 42.1 Å². The first-order valence-electron chi connectivity index (χ1n) is 10.2. The van der Waals surface area contributed by atoms with Crippen LogP contribution in [0.15, 0.2) is 59.1 Å². The molecule has 0 unspecified atom stereocenters. The number of halogens is 3. The van der Waals surface area contributed by atoms with E-state index >= 15 is 0 Å². The smallest absolute Gasteiger partial charge is 0.416 e. The average molecular weight is 491 g/mol. The number of ether oxygens (including phenoxy) is 1. The van der Waals surface area contributed by atoms with Gasteiger partial charge >= 0.3 is 6.18 Å². The van der Waals surface area contributed by atoms with E-state index in [1.165, 1.54) is 29.5 Å². The van der Waals surface area contributed by atoms with Crippen LogP contribution in [0, 0.1) is 6.92 Å². The van der Waals surface area contributed by atoms with Gasteiger partial charge < -0.3 is 9.30 Å². The number of aryl methyl sites for hydroxylation is 1. The fourth-order valence-corrected chi connectivity index (χ4v) is 5.14. The first-order valence-corrected chi connectivity index (χ1v) is 12.1. The van der Waals surface area contributed by atoms with Crippen LogP contribution >= 0.6 is 23.1 Å². The average Bonchev–Trinajstić information content (AvgIpc) is 3.42. The Bertz CT molecular complexity index is 1240. The molecule has 10 heteroatoms. The van der Waals surface area contributed by atoms with E-state index in [1.807, 2.05) is 29.0 Å². The van der Waals surface area contributed by atoms with Crippen molar-refractivity contribution in [2.75, 3.05) is 0 Å². The second kappa shape index (κ2) is 9.96. The zero-order chi connectivity index (χ0) is 23.4. The highest BCUT2D eigenvalue weighted by molar-refractivity contribution is 7.98. The second-order valence-electron chi connectivity index (χ2n) is 7.20. The van der Waals surface area contributed by atoms with Crippen LogP contribution in [0.3, 0.4) is 0 Å². The summed E-state index contributed by atoms with van der Waals surface area (Å²) in [7, 11) is 0. The molecule has 0 saturated carbocycles. The first-order chi connectivity index (χ1) is 15.8. The van der Waals surface area contributed by atoms with E-state index in [0.717, 1.165) is 28.4 Å².